The smallest absolute Gasteiger partial charge is 0.416 e. The molecule has 1 N–H and O–H groups in total. The normalized spacial score (nSPS) is 12.0. The zero-order valence-electron chi connectivity index (χ0n) is 17.7. The van der Waals surface area contributed by atoms with Crippen LogP contribution < -0.4 is 5.56 Å². The van der Waals surface area contributed by atoms with E-state index in [1.54, 1.807) is 24.9 Å². The number of carbonyl (C=O) groups is 1. The number of aryl methyl sites for hydroxylation is 1. The number of H-pyrrole nitrogens is 1. The zero-order valence-corrected chi connectivity index (χ0v) is 18.5. The molecule has 0 amide bonds. The van der Waals surface area contributed by atoms with Gasteiger partial charge in [0, 0.05) is 13.7 Å². The number of aromatic amines is 1. The van der Waals surface area contributed by atoms with Crippen molar-refractivity contribution in [2.45, 2.75) is 26.2 Å². The summed E-state index contributed by atoms with van der Waals surface area (Å²) in [4.78, 5) is 34.2. The van der Waals surface area contributed by atoms with Crippen LogP contribution in [0.3, 0.4) is 0 Å². The summed E-state index contributed by atoms with van der Waals surface area (Å²) in [5.41, 5.74) is -0.521. The van der Waals surface area contributed by atoms with Crippen LogP contribution in [-0.4, -0.2) is 48.2 Å². The lowest BCUT2D eigenvalue weighted by atomic mass is 10.1. The number of carbonyl (C=O) groups excluding carboxylic acids is 1. The van der Waals surface area contributed by atoms with E-state index in [9.17, 15) is 22.8 Å². The third kappa shape index (κ3) is 5.34. The van der Waals surface area contributed by atoms with Gasteiger partial charge in [-0.15, -0.1) is 11.3 Å². The van der Waals surface area contributed by atoms with Crippen LogP contribution in [0.25, 0.3) is 10.2 Å². The first-order valence-electron chi connectivity index (χ1n) is 9.63. The Kier molecular flexibility index (Phi) is 7.32. The van der Waals surface area contributed by atoms with E-state index >= 15 is 0 Å². The lowest BCUT2D eigenvalue weighted by Gasteiger charge is -2.19. The first-order valence-corrected chi connectivity index (χ1v) is 10.5. The molecule has 172 valence electrons. The largest absolute Gasteiger partial charge is 0.459 e. The van der Waals surface area contributed by atoms with Crippen molar-refractivity contribution in [2.75, 3.05) is 27.4 Å². The monoisotopic (exact) mass is 469 g/mol. The molecule has 0 bridgehead atoms. The number of hydrogen-bond acceptors (Lipinski definition) is 7. The van der Waals surface area contributed by atoms with Gasteiger partial charge in [-0.3, -0.25) is 9.69 Å². The molecule has 0 aliphatic heterocycles. The fourth-order valence-electron chi connectivity index (χ4n) is 3.28. The average molecular weight is 469 g/mol. The molecule has 7 nitrogen and oxygen atoms in total. The number of halogens is 3. The molecule has 1 aromatic carbocycles. The second kappa shape index (κ2) is 9.80. The van der Waals surface area contributed by atoms with Gasteiger partial charge in [0.1, 0.15) is 22.1 Å². The Morgan fingerprint density at radius 3 is 2.62 bits per heavy atom. The average Bonchev–Trinajstić information content (AvgIpc) is 3.04. The first-order chi connectivity index (χ1) is 15.1. The molecular formula is C21H22F3N3O4S. The van der Waals surface area contributed by atoms with Crippen LogP contribution in [0.5, 0.6) is 0 Å². The Balaban J connectivity index is 1.82. The fraction of sp³-hybridized carbons (Fsp3) is 0.381. The number of nitrogens with zero attached hydrogens (tertiary/aromatic N) is 2. The predicted molar refractivity (Wildman–Crippen MR) is 114 cm³/mol. The molecule has 0 unspecified atom stereocenters. The minimum absolute atomic E-state index is 0.0119. The van der Waals surface area contributed by atoms with Crippen LogP contribution in [0.1, 0.15) is 32.2 Å². The Morgan fingerprint density at radius 1 is 1.22 bits per heavy atom. The lowest BCUT2D eigenvalue weighted by molar-refractivity contribution is -0.138. The molecule has 0 saturated heterocycles. The van der Waals surface area contributed by atoms with E-state index in [1.165, 1.54) is 19.2 Å². The Bertz CT molecular complexity index is 1170. The summed E-state index contributed by atoms with van der Waals surface area (Å²) in [5, 5.41) is 0.294. The Hall–Kier alpha value is -2.76. The molecule has 3 aromatic rings. The van der Waals surface area contributed by atoms with E-state index in [2.05, 4.69) is 9.97 Å². The van der Waals surface area contributed by atoms with E-state index in [0.717, 1.165) is 17.4 Å². The van der Waals surface area contributed by atoms with Gasteiger partial charge in [0.15, 0.2) is 0 Å². The van der Waals surface area contributed by atoms with Crippen molar-refractivity contribution in [1.82, 2.24) is 14.9 Å². The summed E-state index contributed by atoms with van der Waals surface area (Å²) in [5.74, 6) is -0.278. The molecule has 2 aromatic heterocycles. The molecule has 32 heavy (non-hydrogen) atoms. The molecule has 11 heteroatoms. The molecular weight excluding hydrogens is 447 g/mol. The molecule has 3 rings (SSSR count). The van der Waals surface area contributed by atoms with Gasteiger partial charge in [0.2, 0.25) is 0 Å². The molecule has 0 saturated carbocycles. The highest BCUT2D eigenvalue weighted by Gasteiger charge is 2.33. The van der Waals surface area contributed by atoms with Crippen LogP contribution in [0.15, 0.2) is 29.1 Å². The van der Waals surface area contributed by atoms with Crippen LogP contribution in [0.2, 0.25) is 0 Å². The highest BCUT2D eigenvalue weighted by Crippen LogP contribution is 2.32. The number of benzene rings is 1. The van der Waals surface area contributed by atoms with Gasteiger partial charge in [-0.25, -0.2) is 9.78 Å². The number of thiophene rings is 1. The van der Waals surface area contributed by atoms with Gasteiger partial charge in [0.05, 0.1) is 24.1 Å². The van der Waals surface area contributed by atoms with Gasteiger partial charge in [-0.1, -0.05) is 18.2 Å². The van der Waals surface area contributed by atoms with Crippen molar-refractivity contribution in [1.29, 1.82) is 0 Å². The summed E-state index contributed by atoms with van der Waals surface area (Å²) in [6.45, 7) is 2.10. The minimum atomic E-state index is -4.45. The summed E-state index contributed by atoms with van der Waals surface area (Å²) in [6.07, 6.45) is -4.45. The summed E-state index contributed by atoms with van der Waals surface area (Å²) in [7, 11) is 3.12. The second-order valence-corrected chi connectivity index (χ2v) is 8.20. The first kappa shape index (κ1) is 23.9. The highest BCUT2D eigenvalue weighted by atomic mass is 32.1. The number of alkyl halides is 3. The summed E-state index contributed by atoms with van der Waals surface area (Å²) < 4.78 is 49.7. The molecule has 0 atom stereocenters. The highest BCUT2D eigenvalue weighted by molar-refractivity contribution is 7.20. The SMILES string of the molecule is COCCOC(=O)c1sc2nc(CN(C)Cc3ccccc3C(F)(F)F)[nH]c(=O)c2c1C. The van der Waals surface area contributed by atoms with Crippen LogP contribution in [-0.2, 0) is 28.7 Å². The van der Waals surface area contributed by atoms with E-state index in [0.29, 0.717) is 15.8 Å². The van der Waals surface area contributed by atoms with Crippen LogP contribution in [0.4, 0.5) is 13.2 Å². The second-order valence-electron chi connectivity index (χ2n) is 7.20. The van der Waals surface area contributed by atoms with Crippen molar-refractivity contribution < 1.29 is 27.4 Å². The summed E-state index contributed by atoms with van der Waals surface area (Å²) in [6, 6.07) is 5.35. The van der Waals surface area contributed by atoms with Gasteiger partial charge >= 0.3 is 12.1 Å². The van der Waals surface area contributed by atoms with Crippen LogP contribution >= 0.6 is 11.3 Å². The number of methoxy groups -OCH3 is 1. The Morgan fingerprint density at radius 2 is 1.94 bits per heavy atom. The lowest BCUT2D eigenvalue weighted by Crippen LogP contribution is -2.23. The van der Waals surface area contributed by atoms with Crippen LogP contribution in [0, 0.1) is 6.92 Å². The molecule has 0 aliphatic carbocycles. The van der Waals surface area contributed by atoms with E-state index in [4.69, 9.17) is 9.47 Å². The van der Waals surface area contributed by atoms with Gasteiger partial charge < -0.3 is 14.5 Å². The number of ether oxygens (including phenoxy) is 2. The van der Waals surface area contributed by atoms with E-state index < -0.39 is 23.3 Å². The number of hydrogen-bond donors (Lipinski definition) is 1. The zero-order chi connectivity index (χ0) is 23.5. The maximum Gasteiger partial charge on any atom is 0.416 e. The molecule has 0 radical (unpaired) electrons. The van der Waals surface area contributed by atoms with Gasteiger partial charge in [-0.2, -0.15) is 13.2 Å². The predicted octanol–water partition coefficient (Wildman–Crippen LogP) is 3.75. The van der Waals surface area contributed by atoms with Gasteiger partial charge in [0.25, 0.3) is 5.56 Å². The van der Waals surface area contributed by atoms with Crippen molar-refractivity contribution in [3.8, 4) is 0 Å². The van der Waals surface area contributed by atoms with Crippen molar-refractivity contribution in [3.05, 3.63) is 62.0 Å². The number of aromatic nitrogens is 2. The van der Waals surface area contributed by atoms with E-state index in [1.807, 2.05) is 0 Å². The number of fused-ring (bicyclic) bond motifs is 1. The maximum atomic E-state index is 13.2. The maximum absolute atomic E-state index is 13.2. The van der Waals surface area contributed by atoms with Crippen molar-refractivity contribution >= 4 is 27.5 Å². The van der Waals surface area contributed by atoms with Crippen molar-refractivity contribution in [3.63, 3.8) is 0 Å². The van der Waals surface area contributed by atoms with Gasteiger partial charge in [-0.05, 0) is 31.2 Å². The minimum Gasteiger partial charge on any atom is -0.459 e. The fourth-order valence-corrected chi connectivity index (χ4v) is 4.37. The molecule has 2 heterocycles. The number of esters is 1. The standard InChI is InChI=1S/C21H22F3N3O4S/c1-12-16-18(28)25-15(26-19(16)32-17(12)20(29)31-9-8-30-3)11-27(2)10-13-6-4-5-7-14(13)21(22,23)24/h4-7H,8-11H2,1-3H3,(H,25,26,28). The third-order valence-corrected chi connectivity index (χ3v) is 5.90. The molecule has 0 aliphatic rings. The third-order valence-electron chi connectivity index (χ3n) is 4.74. The summed E-state index contributed by atoms with van der Waals surface area (Å²) >= 11 is 1.04. The number of rotatable bonds is 8. The quantitative estimate of drug-likeness (QED) is 0.400. The topological polar surface area (TPSA) is 84.5 Å². The number of nitrogens with one attached hydrogen (secondary N) is 1. The Labute approximate surface area is 185 Å². The van der Waals surface area contributed by atoms with Crippen molar-refractivity contribution in [2.24, 2.45) is 0 Å². The molecule has 0 fully saturated rings. The van der Waals surface area contributed by atoms with E-state index in [-0.39, 0.29) is 42.6 Å². The molecule has 0 spiro atoms.